The maximum absolute atomic E-state index is 13.6. The molecule has 7 nitrogen and oxygen atoms in total. The maximum atomic E-state index is 13.6. The lowest BCUT2D eigenvalue weighted by Gasteiger charge is -2.12. The molecular formula is C12H13FN2O5. The first-order valence-corrected chi connectivity index (χ1v) is 5.78. The predicted octanol–water partition coefficient (Wildman–Crippen LogP) is 1.42. The van der Waals surface area contributed by atoms with Crippen molar-refractivity contribution in [1.82, 2.24) is 5.32 Å². The SMILES string of the molecule is CCOC(=O)C(C)NC(=O)c1ccc([N+](=O)[O-])cc1F. The van der Waals surface area contributed by atoms with Gasteiger partial charge < -0.3 is 10.1 Å². The van der Waals surface area contributed by atoms with Gasteiger partial charge in [-0.2, -0.15) is 0 Å². The molecule has 0 spiro atoms. The fourth-order valence-electron chi connectivity index (χ4n) is 1.40. The van der Waals surface area contributed by atoms with Gasteiger partial charge in [-0.05, 0) is 19.9 Å². The van der Waals surface area contributed by atoms with Crippen molar-refractivity contribution in [2.24, 2.45) is 0 Å². The first-order valence-electron chi connectivity index (χ1n) is 5.78. The van der Waals surface area contributed by atoms with Gasteiger partial charge >= 0.3 is 5.97 Å². The molecule has 1 aromatic rings. The molecule has 108 valence electrons. The number of nitro benzene ring substituents is 1. The third-order valence-corrected chi connectivity index (χ3v) is 2.40. The molecule has 0 saturated carbocycles. The monoisotopic (exact) mass is 284 g/mol. The molecule has 0 fully saturated rings. The fraction of sp³-hybridized carbons (Fsp3) is 0.333. The molecule has 0 aromatic heterocycles. The van der Waals surface area contributed by atoms with E-state index >= 15 is 0 Å². The Morgan fingerprint density at radius 1 is 1.50 bits per heavy atom. The smallest absolute Gasteiger partial charge is 0.328 e. The van der Waals surface area contributed by atoms with Crippen LogP contribution in [0.3, 0.4) is 0 Å². The molecule has 8 heteroatoms. The average Bonchev–Trinajstić information content (AvgIpc) is 2.38. The zero-order chi connectivity index (χ0) is 15.3. The van der Waals surface area contributed by atoms with Crippen molar-refractivity contribution in [1.29, 1.82) is 0 Å². The van der Waals surface area contributed by atoms with Crippen LogP contribution in [-0.4, -0.2) is 29.4 Å². The summed E-state index contributed by atoms with van der Waals surface area (Å²) >= 11 is 0. The third-order valence-electron chi connectivity index (χ3n) is 2.40. The van der Waals surface area contributed by atoms with Gasteiger partial charge in [0.2, 0.25) is 0 Å². The second kappa shape index (κ2) is 6.60. The number of non-ortho nitro benzene ring substituents is 1. The van der Waals surface area contributed by atoms with Crippen molar-refractivity contribution < 1.29 is 23.6 Å². The summed E-state index contributed by atoms with van der Waals surface area (Å²) in [6, 6.07) is 1.69. The summed E-state index contributed by atoms with van der Waals surface area (Å²) in [4.78, 5) is 32.7. The molecule has 1 aromatic carbocycles. The van der Waals surface area contributed by atoms with Gasteiger partial charge in [0.25, 0.3) is 11.6 Å². The molecular weight excluding hydrogens is 271 g/mol. The molecule has 1 N–H and O–H groups in total. The van der Waals surface area contributed by atoms with E-state index < -0.39 is 34.3 Å². The number of benzene rings is 1. The van der Waals surface area contributed by atoms with Gasteiger partial charge in [0.15, 0.2) is 0 Å². The summed E-state index contributed by atoms with van der Waals surface area (Å²) in [7, 11) is 0. The highest BCUT2D eigenvalue weighted by Crippen LogP contribution is 2.16. The van der Waals surface area contributed by atoms with E-state index in [9.17, 15) is 24.1 Å². The summed E-state index contributed by atoms with van der Waals surface area (Å²) in [5.74, 6) is -2.53. The van der Waals surface area contributed by atoms with E-state index in [1.165, 1.54) is 6.92 Å². The molecule has 0 radical (unpaired) electrons. The molecule has 0 aliphatic heterocycles. The van der Waals surface area contributed by atoms with E-state index in [0.717, 1.165) is 12.1 Å². The van der Waals surface area contributed by atoms with E-state index in [1.807, 2.05) is 0 Å². The number of ether oxygens (including phenoxy) is 1. The largest absolute Gasteiger partial charge is 0.464 e. The summed E-state index contributed by atoms with van der Waals surface area (Å²) < 4.78 is 18.3. The van der Waals surface area contributed by atoms with E-state index in [4.69, 9.17) is 0 Å². The minimum atomic E-state index is -1.03. The third kappa shape index (κ3) is 3.74. The van der Waals surface area contributed by atoms with Gasteiger partial charge in [-0.25, -0.2) is 9.18 Å². The van der Waals surface area contributed by atoms with Gasteiger partial charge in [-0.3, -0.25) is 14.9 Å². The summed E-state index contributed by atoms with van der Waals surface area (Å²) in [5, 5.41) is 12.7. The van der Waals surface area contributed by atoms with Crippen LogP contribution in [0.1, 0.15) is 24.2 Å². The van der Waals surface area contributed by atoms with E-state index in [-0.39, 0.29) is 12.2 Å². The fourth-order valence-corrected chi connectivity index (χ4v) is 1.40. The second-order valence-corrected chi connectivity index (χ2v) is 3.87. The van der Waals surface area contributed by atoms with Gasteiger partial charge in [0.1, 0.15) is 11.9 Å². The Morgan fingerprint density at radius 3 is 2.65 bits per heavy atom. The highest BCUT2D eigenvalue weighted by molar-refractivity contribution is 5.97. The number of halogens is 1. The highest BCUT2D eigenvalue weighted by Gasteiger charge is 2.21. The normalized spacial score (nSPS) is 11.6. The van der Waals surface area contributed by atoms with Crippen LogP contribution in [-0.2, 0) is 9.53 Å². The number of esters is 1. The predicted molar refractivity (Wildman–Crippen MR) is 66.6 cm³/mol. The van der Waals surface area contributed by atoms with Gasteiger partial charge in [0, 0.05) is 6.07 Å². The topological polar surface area (TPSA) is 98.5 Å². The Bertz CT molecular complexity index is 547. The number of nitrogens with zero attached hydrogens (tertiary/aromatic N) is 1. The minimum Gasteiger partial charge on any atom is -0.464 e. The Hall–Kier alpha value is -2.51. The lowest BCUT2D eigenvalue weighted by Crippen LogP contribution is -2.39. The summed E-state index contributed by atoms with van der Waals surface area (Å²) in [6.07, 6.45) is 0. The summed E-state index contributed by atoms with van der Waals surface area (Å²) in [5.41, 5.74) is -0.843. The van der Waals surface area contributed by atoms with Crippen molar-refractivity contribution >= 4 is 17.6 Å². The molecule has 1 amide bonds. The van der Waals surface area contributed by atoms with Crippen LogP contribution < -0.4 is 5.32 Å². The van der Waals surface area contributed by atoms with Gasteiger partial charge in [-0.1, -0.05) is 0 Å². The van der Waals surface area contributed by atoms with Crippen molar-refractivity contribution in [3.8, 4) is 0 Å². The van der Waals surface area contributed by atoms with Crippen molar-refractivity contribution in [3.63, 3.8) is 0 Å². The number of nitro groups is 1. The van der Waals surface area contributed by atoms with Crippen LogP contribution >= 0.6 is 0 Å². The Morgan fingerprint density at radius 2 is 2.15 bits per heavy atom. The second-order valence-electron chi connectivity index (χ2n) is 3.87. The lowest BCUT2D eigenvalue weighted by atomic mass is 10.1. The maximum Gasteiger partial charge on any atom is 0.328 e. The zero-order valence-electron chi connectivity index (χ0n) is 10.9. The standard InChI is InChI=1S/C12H13FN2O5/c1-3-20-12(17)7(2)14-11(16)9-5-4-8(15(18)19)6-10(9)13/h4-7H,3H2,1-2H3,(H,14,16). The van der Waals surface area contributed by atoms with Crippen LogP contribution in [0, 0.1) is 15.9 Å². The first kappa shape index (κ1) is 15.5. The van der Waals surface area contributed by atoms with Gasteiger partial charge in [0.05, 0.1) is 23.2 Å². The molecule has 20 heavy (non-hydrogen) atoms. The number of hydrogen-bond acceptors (Lipinski definition) is 5. The van der Waals surface area contributed by atoms with Crippen LogP contribution in [0.5, 0.6) is 0 Å². The number of rotatable bonds is 5. The first-order chi connectivity index (χ1) is 9.36. The molecule has 0 bridgehead atoms. The Labute approximate surface area is 113 Å². The minimum absolute atomic E-state index is 0.158. The highest BCUT2D eigenvalue weighted by atomic mass is 19.1. The number of amides is 1. The van der Waals surface area contributed by atoms with Crippen LogP contribution in [0.15, 0.2) is 18.2 Å². The number of carbonyl (C=O) groups excluding carboxylic acids is 2. The van der Waals surface area contributed by atoms with Crippen molar-refractivity contribution in [3.05, 3.63) is 39.7 Å². The van der Waals surface area contributed by atoms with Crippen molar-refractivity contribution in [2.45, 2.75) is 19.9 Å². The van der Waals surface area contributed by atoms with Crippen molar-refractivity contribution in [2.75, 3.05) is 6.61 Å². The van der Waals surface area contributed by atoms with Gasteiger partial charge in [-0.15, -0.1) is 0 Å². The Balaban J connectivity index is 2.83. The molecule has 0 aliphatic rings. The van der Waals surface area contributed by atoms with E-state index in [1.54, 1.807) is 6.92 Å². The molecule has 1 unspecified atom stereocenters. The van der Waals surface area contributed by atoms with E-state index in [0.29, 0.717) is 6.07 Å². The number of hydrogen-bond donors (Lipinski definition) is 1. The summed E-state index contributed by atoms with van der Waals surface area (Å²) in [6.45, 7) is 3.16. The average molecular weight is 284 g/mol. The number of nitrogens with one attached hydrogen (secondary N) is 1. The van der Waals surface area contributed by atoms with E-state index in [2.05, 4.69) is 10.1 Å². The molecule has 0 aliphatic carbocycles. The zero-order valence-corrected chi connectivity index (χ0v) is 10.9. The molecule has 1 rings (SSSR count). The molecule has 0 saturated heterocycles. The number of carbonyl (C=O) groups is 2. The van der Waals surface area contributed by atoms with Crippen LogP contribution in [0.2, 0.25) is 0 Å². The molecule has 0 heterocycles. The van der Waals surface area contributed by atoms with Crippen LogP contribution in [0.4, 0.5) is 10.1 Å². The quantitative estimate of drug-likeness (QED) is 0.501. The Kier molecular flexibility index (Phi) is 5.13. The van der Waals surface area contributed by atoms with Crippen LogP contribution in [0.25, 0.3) is 0 Å². The lowest BCUT2D eigenvalue weighted by molar-refractivity contribution is -0.385. The molecule has 1 atom stereocenters.